The van der Waals surface area contributed by atoms with Crippen molar-refractivity contribution in [1.82, 2.24) is 24.5 Å². The molecule has 1 aromatic carbocycles. The van der Waals surface area contributed by atoms with E-state index in [-0.39, 0.29) is 17.5 Å². The van der Waals surface area contributed by atoms with Gasteiger partial charge in [0.2, 0.25) is 5.95 Å². The third kappa shape index (κ3) is 4.14. The first-order chi connectivity index (χ1) is 13.4. The molecule has 3 rings (SSSR count). The molecule has 2 heterocycles. The summed E-state index contributed by atoms with van der Waals surface area (Å²) in [6, 6.07) is 7.18. The van der Waals surface area contributed by atoms with Crippen LogP contribution in [0.2, 0.25) is 0 Å². The summed E-state index contributed by atoms with van der Waals surface area (Å²) in [6.07, 6.45) is 2.66. The fourth-order valence-corrected chi connectivity index (χ4v) is 2.48. The van der Waals surface area contributed by atoms with Crippen LogP contribution < -0.4 is 10.1 Å². The van der Waals surface area contributed by atoms with Crippen molar-refractivity contribution in [3.63, 3.8) is 0 Å². The first-order valence-corrected chi connectivity index (χ1v) is 8.40. The van der Waals surface area contributed by atoms with Gasteiger partial charge in [-0.05, 0) is 19.4 Å². The van der Waals surface area contributed by atoms with Crippen LogP contribution in [0.3, 0.4) is 0 Å². The van der Waals surface area contributed by atoms with E-state index in [2.05, 4.69) is 20.5 Å². The Bertz CT molecular complexity index is 993. The molecule has 0 fully saturated rings. The average Bonchev–Trinajstić information content (AvgIpc) is 3.29. The van der Waals surface area contributed by atoms with E-state index < -0.39 is 16.9 Å². The zero-order chi connectivity index (χ0) is 20.3. The number of carbonyl (C=O) groups excluding carboxylic acids is 1. The molecule has 0 aliphatic heterocycles. The Morgan fingerprint density at radius 2 is 2.04 bits per heavy atom. The first kappa shape index (κ1) is 19.0. The molecule has 1 unspecified atom stereocenters. The maximum Gasteiger partial charge on any atom is 0.350 e. The molecule has 0 saturated heterocycles. The van der Waals surface area contributed by atoms with Gasteiger partial charge in [-0.25, -0.2) is 14.3 Å². The monoisotopic (exact) mass is 385 g/mol. The van der Waals surface area contributed by atoms with Gasteiger partial charge in [0.15, 0.2) is 0 Å². The van der Waals surface area contributed by atoms with Gasteiger partial charge in [-0.3, -0.25) is 20.2 Å². The number of nitrogens with one attached hydrogen (secondary N) is 1. The van der Waals surface area contributed by atoms with E-state index in [0.717, 1.165) is 16.4 Å². The maximum absolute atomic E-state index is 12.4. The number of methoxy groups -OCH3 is 1. The van der Waals surface area contributed by atoms with E-state index in [1.54, 1.807) is 11.6 Å². The number of aryl methyl sites for hydroxylation is 1. The quantitative estimate of drug-likeness (QED) is 0.486. The van der Waals surface area contributed by atoms with Crippen molar-refractivity contribution in [3.05, 3.63) is 58.0 Å². The van der Waals surface area contributed by atoms with Crippen LogP contribution in [0.25, 0.3) is 0 Å². The fraction of sp³-hybridized carbons (Fsp3) is 0.294. The van der Waals surface area contributed by atoms with Crippen LogP contribution in [0.15, 0.2) is 36.8 Å². The summed E-state index contributed by atoms with van der Waals surface area (Å²) < 4.78 is 7.64. The number of benzene rings is 1. The smallest absolute Gasteiger partial charge is 0.350 e. The van der Waals surface area contributed by atoms with Crippen molar-refractivity contribution in [2.75, 3.05) is 12.4 Å². The Morgan fingerprint density at radius 1 is 1.32 bits per heavy atom. The molecule has 0 bridgehead atoms. The van der Waals surface area contributed by atoms with E-state index in [9.17, 15) is 14.9 Å². The lowest BCUT2D eigenvalue weighted by molar-refractivity contribution is -0.385. The number of amides is 1. The molecule has 28 heavy (non-hydrogen) atoms. The van der Waals surface area contributed by atoms with Crippen molar-refractivity contribution >= 4 is 17.5 Å². The highest BCUT2D eigenvalue weighted by atomic mass is 16.6. The van der Waals surface area contributed by atoms with Crippen LogP contribution >= 0.6 is 0 Å². The van der Waals surface area contributed by atoms with Crippen molar-refractivity contribution in [2.24, 2.45) is 0 Å². The zero-order valence-electron chi connectivity index (χ0n) is 15.6. The SMILES string of the molecule is COc1nn(C(C)C(=O)Nc2ncn(Cc3ccc(C)cc3)n2)cc1[N+](=O)[O-]. The minimum absolute atomic E-state index is 0.137. The standard InChI is InChI=1S/C17H19N7O4/c1-11-4-6-13(7-5-11)8-22-10-18-17(21-22)19-15(25)12(2)23-9-14(24(26)27)16(20-23)28-3/h4-7,9-10,12H,8H2,1-3H3,(H,19,21,25). The van der Waals surface area contributed by atoms with Gasteiger partial charge in [-0.2, -0.15) is 0 Å². The molecule has 11 nitrogen and oxygen atoms in total. The highest BCUT2D eigenvalue weighted by Gasteiger charge is 2.25. The van der Waals surface area contributed by atoms with Gasteiger partial charge in [0.05, 0.1) is 18.6 Å². The van der Waals surface area contributed by atoms with Gasteiger partial charge in [0, 0.05) is 0 Å². The van der Waals surface area contributed by atoms with Crippen LogP contribution in [0.1, 0.15) is 24.1 Å². The van der Waals surface area contributed by atoms with Crippen LogP contribution in [-0.2, 0) is 11.3 Å². The van der Waals surface area contributed by atoms with Crippen LogP contribution in [0, 0.1) is 17.0 Å². The van der Waals surface area contributed by atoms with E-state index in [1.165, 1.54) is 19.0 Å². The normalized spacial score (nSPS) is 11.8. The molecule has 1 atom stereocenters. The highest BCUT2D eigenvalue weighted by Crippen LogP contribution is 2.26. The molecule has 1 amide bonds. The average molecular weight is 385 g/mol. The minimum atomic E-state index is -0.827. The third-order valence-electron chi connectivity index (χ3n) is 4.08. The molecule has 0 spiro atoms. The van der Waals surface area contributed by atoms with E-state index in [0.29, 0.717) is 6.54 Å². The molecule has 0 saturated carbocycles. The second-order valence-corrected chi connectivity index (χ2v) is 6.18. The molecule has 2 aromatic heterocycles. The molecule has 0 radical (unpaired) electrons. The second-order valence-electron chi connectivity index (χ2n) is 6.18. The summed E-state index contributed by atoms with van der Waals surface area (Å²) in [5.41, 5.74) is 1.90. The molecule has 11 heteroatoms. The maximum atomic E-state index is 12.4. The summed E-state index contributed by atoms with van der Waals surface area (Å²) in [7, 11) is 1.27. The molecule has 146 valence electrons. The number of nitrogens with zero attached hydrogens (tertiary/aromatic N) is 6. The topological polar surface area (TPSA) is 130 Å². The summed E-state index contributed by atoms with van der Waals surface area (Å²) in [4.78, 5) is 26.9. The second kappa shape index (κ2) is 7.86. The Kier molecular flexibility index (Phi) is 5.34. The number of anilines is 1. The van der Waals surface area contributed by atoms with E-state index in [4.69, 9.17) is 4.74 Å². The van der Waals surface area contributed by atoms with E-state index >= 15 is 0 Å². The summed E-state index contributed by atoms with van der Waals surface area (Å²) in [6.45, 7) is 4.08. The predicted molar refractivity (Wildman–Crippen MR) is 99.1 cm³/mol. The Morgan fingerprint density at radius 3 is 2.64 bits per heavy atom. The van der Waals surface area contributed by atoms with Gasteiger partial charge >= 0.3 is 11.6 Å². The lowest BCUT2D eigenvalue weighted by atomic mass is 10.1. The number of hydrogen-bond acceptors (Lipinski definition) is 7. The van der Waals surface area contributed by atoms with E-state index in [1.807, 2.05) is 31.2 Å². The van der Waals surface area contributed by atoms with Crippen molar-refractivity contribution in [1.29, 1.82) is 0 Å². The third-order valence-corrected chi connectivity index (χ3v) is 4.08. The van der Waals surface area contributed by atoms with Gasteiger partial charge in [-0.15, -0.1) is 10.2 Å². The van der Waals surface area contributed by atoms with Crippen LogP contribution in [0.5, 0.6) is 5.88 Å². The lowest BCUT2D eigenvalue weighted by Crippen LogP contribution is -2.24. The fourth-order valence-electron chi connectivity index (χ4n) is 2.48. The van der Waals surface area contributed by atoms with Gasteiger partial charge in [0.25, 0.3) is 5.91 Å². The predicted octanol–water partition coefficient (Wildman–Crippen LogP) is 1.95. The number of carbonyl (C=O) groups is 1. The van der Waals surface area contributed by atoms with Crippen LogP contribution in [-0.4, -0.2) is 42.5 Å². The molecule has 0 aliphatic carbocycles. The molecular weight excluding hydrogens is 366 g/mol. The summed E-state index contributed by atoms with van der Waals surface area (Å²) in [5, 5.41) is 21.7. The Hall–Kier alpha value is -3.76. The minimum Gasteiger partial charge on any atom is -0.475 e. The Labute approximate surface area is 160 Å². The Balaban J connectivity index is 1.67. The number of ether oxygens (including phenoxy) is 1. The largest absolute Gasteiger partial charge is 0.475 e. The summed E-state index contributed by atoms with van der Waals surface area (Å²) >= 11 is 0. The van der Waals surface area contributed by atoms with Gasteiger partial charge < -0.3 is 4.74 Å². The van der Waals surface area contributed by atoms with Gasteiger partial charge in [0.1, 0.15) is 18.6 Å². The lowest BCUT2D eigenvalue weighted by Gasteiger charge is -2.10. The number of nitro groups is 1. The van der Waals surface area contributed by atoms with Crippen LogP contribution in [0.4, 0.5) is 11.6 Å². The number of aromatic nitrogens is 5. The van der Waals surface area contributed by atoms with Crippen molar-refractivity contribution < 1.29 is 14.5 Å². The number of hydrogen-bond donors (Lipinski definition) is 1. The highest BCUT2D eigenvalue weighted by molar-refractivity contribution is 5.91. The molecule has 0 aliphatic rings. The van der Waals surface area contributed by atoms with Crippen molar-refractivity contribution in [2.45, 2.75) is 26.4 Å². The van der Waals surface area contributed by atoms with Gasteiger partial charge in [-0.1, -0.05) is 29.8 Å². The first-order valence-electron chi connectivity index (χ1n) is 8.40. The molecule has 1 N–H and O–H groups in total. The van der Waals surface area contributed by atoms with Crippen molar-refractivity contribution in [3.8, 4) is 5.88 Å². The number of rotatable bonds is 7. The molecular formula is C17H19N7O4. The summed E-state index contributed by atoms with van der Waals surface area (Å²) in [5.74, 6) is -0.490. The molecule has 3 aromatic rings. The zero-order valence-corrected chi connectivity index (χ0v) is 15.6.